The third-order valence-electron chi connectivity index (χ3n) is 5.55. The lowest BCUT2D eigenvalue weighted by Gasteiger charge is -2.18. The zero-order valence-corrected chi connectivity index (χ0v) is 18.6. The Morgan fingerprint density at radius 1 is 0.812 bits per heavy atom. The summed E-state index contributed by atoms with van der Waals surface area (Å²) in [6, 6.07) is 0. The number of allylic oxidation sites excluding steroid dienone is 6. The first-order valence-electron chi connectivity index (χ1n) is 15.5. The summed E-state index contributed by atoms with van der Waals surface area (Å²) >= 11 is 0. The van der Waals surface area contributed by atoms with Gasteiger partial charge in [-0.2, -0.15) is 0 Å². The number of rotatable bonds is 4. The molecule has 0 heterocycles. The van der Waals surface area contributed by atoms with Gasteiger partial charge in [0.15, 0.2) is 0 Å². The largest absolute Gasteiger partial charge is 0.481 e. The van der Waals surface area contributed by atoms with Gasteiger partial charge in [-0.1, -0.05) is 34.9 Å². The highest BCUT2D eigenvalue weighted by Gasteiger charge is 2.21. The Labute approximate surface area is 205 Å². The van der Waals surface area contributed by atoms with Gasteiger partial charge >= 0.3 is 17.9 Å². The van der Waals surface area contributed by atoms with Gasteiger partial charge in [-0.05, 0) is 85.3 Å². The number of ether oxygens (including phenoxy) is 1. The van der Waals surface area contributed by atoms with E-state index in [0.29, 0.717) is 81.1 Å². The molecule has 6 heteroatoms. The molecule has 180 valence electrons. The zero-order chi connectivity index (χ0) is 31.6. The Kier molecular flexibility index (Phi) is 7.45. The Morgan fingerprint density at radius 3 is 1.44 bits per heavy atom. The maximum absolute atomic E-state index is 11.4. The first-order chi connectivity index (χ1) is 18.8. The Bertz CT molecular complexity index is 954. The lowest BCUT2D eigenvalue weighted by atomic mass is 9.90. The highest BCUT2D eigenvalue weighted by molar-refractivity contribution is 5.73. The van der Waals surface area contributed by atoms with Crippen molar-refractivity contribution in [3.8, 4) is 0 Å². The summed E-state index contributed by atoms with van der Waals surface area (Å²) in [4.78, 5) is 32.4. The van der Waals surface area contributed by atoms with Crippen molar-refractivity contribution in [1.29, 1.82) is 0 Å². The van der Waals surface area contributed by atoms with Crippen LogP contribution >= 0.6 is 0 Å². The average molecular weight is 458 g/mol. The molecule has 0 saturated carbocycles. The molecule has 32 heavy (non-hydrogen) atoms. The predicted molar refractivity (Wildman–Crippen MR) is 125 cm³/mol. The smallest absolute Gasteiger partial charge is 0.309 e. The fourth-order valence-electron chi connectivity index (χ4n) is 3.43. The van der Waals surface area contributed by atoms with Gasteiger partial charge in [0.25, 0.3) is 0 Å². The molecule has 0 aromatic carbocycles. The Hall–Kier alpha value is -2.37. The lowest BCUT2D eigenvalue weighted by molar-refractivity contribution is -0.148. The van der Waals surface area contributed by atoms with Gasteiger partial charge in [0.1, 0.15) is 0 Å². The quantitative estimate of drug-likeness (QED) is 0.401. The standard InChI is InChI=1S/C10H16O2.2C8H12O2/c1-3-12-10(11)9-6-4-8(2)5-7-9;2*1-6-2-4-7(5-3-6)8(9)10/h4,9H,3,5-7H2,1-2H3;2*2,7H,3-5H2,1H3,(H,9,10)/t;2*7-/m.10/s1/i2D3;2*1D3. The van der Waals surface area contributed by atoms with E-state index in [1.165, 1.54) is 0 Å². The zero-order valence-electron chi connectivity index (χ0n) is 27.6. The molecule has 0 spiro atoms. The van der Waals surface area contributed by atoms with Crippen LogP contribution in [0.2, 0.25) is 0 Å². The number of carboxylic acids is 2. The van der Waals surface area contributed by atoms with Crippen LogP contribution < -0.4 is 0 Å². The molecule has 0 aliphatic heterocycles. The van der Waals surface area contributed by atoms with Gasteiger partial charge in [-0.3, -0.25) is 14.4 Å². The first kappa shape index (κ1) is 16.3. The van der Waals surface area contributed by atoms with Crippen LogP contribution in [-0.4, -0.2) is 34.7 Å². The number of carboxylic acid groups (broad SMARTS) is 2. The fourth-order valence-corrected chi connectivity index (χ4v) is 3.43. The number of aliphatic carboxylic acids is 2. The van der Waals surface area contributed by atoms with E-state index in [4.69, 9.17) is 27.3 Å². The second-order valence-corrected chi connectivity index (χ2v) is 8.03. The fraction of sp³-hybridized carbons (Fsp3) is 0.654. The molecular formula is C26H40O6. The third kappa shape index (κ3) is 10.8. The van der Waals surface area contributed by atoms with Crippen molar-refractivity contribution in [1.82, 2.24) is 0 Å². The summed E-state index contributed by atoms with van der Waals surface area (Å²) in [5.74, 6) is -2.83. The molecule has 6 nitrogen and oxygen atoms in total. The van der Waals surface area contributed by atoms with Crippen molar-refractivity contribution < 1.29 is 41.7 Å². The van der Waals surface area contributed by atoms with E-state index in [-0.39, 0.29) is 11.9 Å². The molecule has 3 rings (SSSR count). The summed E-state index contributed by atoms with van der Waals surface area (Å²) in [5, 5.41) is 17.3. The van der Waals surface area contributed by atoms with Crippen LogP contribution in [0.5, 0.6) is 0 Å². The van der Waals surface area contributed by atoms with Crippen LogP contribution in [0.25, 0.3) is 0 Å². The summed E-state index contributed by atoms with van der Waals surface area (Å²) in [6.07, 6.45) is 8.67. The van der Waals surface area contributed by atoms with Crippen LogP contribution in [-0.2, 0) is 19.1 Å². The van der Waals surface area contributed by atoms with Crippen LogP contribution in [0.3, 0.4) is 0 Å². The van der Waals surface area contributed by atoms with Gasteiger partial charge in [-0.15, -0.1) is 0 Å². The molecule has 0 fully saturated rings. The highest BCUT2D eigenvalue weighted by Crippen LogP contribution is 2.24. The van der Waals surface area contributed by atoms with Crippen molar-refractivity contribution in [2.75, 3.05) is 6.61 Å². The molecule has 3 aliphatic rings. The van der Waals surface area contributed by atoms with Gasteiger partial charge in [-0.25, -0.2) is 0 Å². The van der Waals surface area contributed by atoms with E-state index in [1.54, 1.807) is 25.2 Å². The van der Waals surface area contributed by atoms with Gasteiger partial charge in [0.05, 0.1) is 24.4 Å². The normalized spacial score (nSPS) is 30.1. The molecule has 0 amide bonds. The summed E-state index contributed by atoms with van der Waals surface area (Å²) in [7, 11) is 0. The number of esters is 1. The molecule has 0 bridgehead atoms. The average Bonchev–Trinajstić information content (AvgIpc) is 2.88. The van der Waals surface area contributed by atoms with Gasteiger partial charge < -0.3 is 14.9 Å². The van der Waals surface area contributed by atoms with E-state index in [0.717, 1.165) is 0 Å². The Morgan fingerprint density at radius 2 is 1.19 bits per heavy atom. The van der Waals surface area contributed by atoms with E-state index in [2.05, 4.69) is 0 Å². The van der Waals surface area contributed by atoms with Crippen molar-refractivity contribution in [2.45, 2.75) is 85.3 Å². The van der Waals surface area contributed by atoms with Crippen molar-refractivity contribution in [2.24, 2.45) is 17.8 Å². The maximum atomic E-state index is 11.4. The molecule has 0 aromatic heterocycles. The molecule has 0 saturated heterocycles. The minimum absolute atomic E-state index is 0.156. The van der Waals surface area contributed by atoms with Crippen molar-refractivity contribution >= 4 is 17.9 Å². The monoisotopic (exact) mass is 457 g/mol. The minimum atomic E-state index is -2.04. The van der Waals surface area contributed by atoms with E-state index < -0.39 is 44.3 Å². The van der Waals surface area contributed by atoms with Crippen LogP contribution in [0.1, 0.15) is 97.6 Å². The van der Waals surface area contributed by atoms with E-state index in [1.807, 2.05) is 0 Å². The van der Waals surface area contributed by atoms with Crippen LogP contribution in [0, 0.1) is 17.8 Å². The van der Waals surface area contributed by atoms with E-state index in [9.17, 15) is 14.4 Å². The number of hydrogen-bond acceptors (Lipinski definition) is 4. The second-order valence-electron chi connectivity index (χ2n) is 8.03. The summed E-state index contributed by atoms with van der Waals surface area (Å²) in [5.41, 5.74) is 1.29. The third-order valence-corrected chi connectivity index (χ3v) is 5.55. The molecule has 3 atom stereocenters. The highest BCUT2D eigenvalue weighted by atomic mass is 16.5. The van der Waals surface area contributed by atoms with Crippen molar-refractivity contribution in [3.63, 3.8) is 0 Å². The van der Waals surface area contributed by atoms with E-state index >= 15 is 0 Å². The second kappa shape index (κ2) is 14.6. The topological polar surface area (TPSA) is 101 Å². The number of hydrogen-bond donors (Lipinski definition) is 2. The molecule has 1 unspecified atom stereocenters. The summed E-state index contributed by atoms with van der Waals surface area (Å²) < 4.78 is 69.3. The van der Waals surface area contributed by atoms with Crippen molar-refractivity contribution in [3.05, 3.63) is 34.9 Å². The Balaban J connectivity index is 0.000000309. The first-order valence-corrected chi connectivity index (χ1v) is 11.0. The molecule has 0 radical (unpaired) electrons. The SMILES string of the molecule is [2H]C([2H])([2H])C1=CCC(C(=O)OCC)CC1.[2H]C([2H])([2H])C1=CC[C@@H](C(=O)O)CC1.[2H]C([2H])([2H])C1=CC[C@H](C(=O)O)CC1. The maximum Gasteiger partial charge on any atom is 0.309 e. The van der Waals surface area contributed by atoms with Crippen LogP contribution in [0.4, 0.5) is 0 Å². The number of carbonyl (C=O) groups excluding carboxylic acids is 1. The summed E-state index contributed by atoms with van der Waals surface area (Å²) in [6.45, 7) is -3.93. The lowest BCUT2D eigenvalue weighted by Crippen LogP contribution is -2.19. The van der Waals surface area contributed by atoms with Gasteiger partial charge in [0, 0.05) is 12.3 Å². The van der Waals surface area contributed by atoms with Gasteiger partial charge in [0.2, 0.25) is 0 Å². The molecular weight excluding hydrogens is 408 g/mol. The molecule has 0 aromatic rings. The molecule has 3 aliphatic carbocycles. The minimum Gasteiger partial charge on any atom is -0.481 e. The predicted octanol–water partition coefficient (Wildman–Crippen LogP) is 5.93. The van der Waals surface area contributed by atoms with Crippen LogP contribution in [0.15, 0.2) is 34.9 Å². The molecule has 2 N–H and O–H groups in total. The number of carbonyl (C=O) groups is 3.